The Hall–Kier alpha value is -4.07. The monoisotopic (exact) mass is 441 g/mol. The lowest BCUT2D eigenvalue weighted by molar-refractivity contribution is -0.118. The summed E-state index contributed by atoms with van der Waals surface area (Å²) < 4.78 is 10.8. The quantitative estimate of drug-likeness (QED) is 0.424. The summed E-state index contributed by atoms with van der Waals surface area (Å²) in [6.07, 6.45) is 2.47. The number of benzene rings is 2. The number of nitrogens with zero attached hydrogens (tertiary/aromatic N) is 2. The minimum atomic E-state index is -0.527. The van der Waals surface area contributed by atoms with Crippen molar-refractivity contribution in [3.8, 4) is 11.5 Å². The Morgan fingerprint density at radius 2 is 2.00 bits per heavy atom. The minimum absolute atomic E-state index is 0.0583. The molecule has 2 atom stereocenters. The molecule has 8 nitrogen and oxygen atoms in total. The molecule has 0 saturated heterocycles. The van der Waals surface area contributed by atoms with E-state index >= 15 is 0 Å². The first kappa shape index (κ1) is 19.6. The molecule has 4 aromatic rings. The minimum Gasteiger partial charge on any atom is -0.497 e. The summed E-state index contributed by atoms with van der Waals surface area (Å²) in [5.74, 6) is 2.28. The number of aromatic amines is 1. The molecule has 33 heavy (non-hydrogen) atoms. The normalized spacial score (nSPS) is 20.6. The van der Waals surface area contributed by atoms with Crippen LogP contribution in [-0.4, -0.2) is 35.3 Å². The molecule has 1 amide bonds. The summed E-state index contributed by atoms with van der Waals surface area (Å²) in [7, 11) is 3.26. The Bertz CT molecular complexity index is 1430. The zero-order chi connectivity index (χ0) is 22.7. The summed E-state index contributed by atoms with van der Waals surface area (Å²) in [5.41, 5.74) is 5.07. The van der Waals surface area contributed by atoms with Gasteiger partial charge in [-0.05, 0) is 60.9 Å². The Labute approximate surface area is 190 Å². The molecule has 6 rings (SSSR count). The molecule has 166 valence electrons. The van der Waals surface area contributed by atoms with E-state index in [1.807, 2.05) is 37.3 Å². The number of amides is 1. The topological polar surface area (TPSA) is 101 Å². The largest absolute Gasteiger partial charge is 0.497 e. The standard InChI is InChI=1S/C25H23N5O3/c1-13-8-21(22(33-3)12-26-13)27-23-16-6-4-14(9-20(16)29-30-23)18-11-25(18)17-10-15(32-2)5-7-19(17)28-24(25)31/h4-10,12,18H,11H2,1-3H3,(H,28,31)(H2,26,27,29,30)/t18-,25-/m0/s1. The number of H-pyrrole nitrogens is 1. The molecule has 8 heteroatoms. The van der Waals surface area contributed by atoms with Gasteiger partial charge in [0.2, 0.25) is 5.91 Å². The number of pyridine rings is 1. The highest BCUT2D eigenvalue weighted by atomic mass is 16.5. The maximum atomic E-state index is 13.0. The lowest BCUT2D eigenvalue weighted by atomic mass is 9.91. The lowest BCUT2D eigenvalue weighted by Gasteiger charge is -2.11. The first-order chi connectivity index (χ1) is 16.0. The highest BCUT2D eigenvalue weighted by molar-refractivity contribution is 6.10. The third-order valence-corrected chi connectivity index (χ3v) is 6.79. The van der Waals surface area contributed by atoms with Crippen molar-refractivity contribution < 1.29 is 14.3 Å². The smallest absolute Gasteiger partial charge is 0.235 e. The predicted octanol–water partition coefficient (Wildman–Crippen LogP) is 4.40. The molecule has 1 spiro atoms. The van der Waals surface area contributed by atoms with Crippen LogP contribution in [0.1, 0.15) is 29.2 Å². The molecule has 1 aliphatic heterocycles. The summed E-state index contributed by atoms with van der Waals surface area (Å²) in [6.45, 7) is 1.93. The average Bonchev–Trinajstić information content (AvgIpc) is 3.38. The van der Waals surface area contributed by atoms with Crippen molar-refractivity contribution in [3.05, 3.63) is 65.5 Å². The van der Waals surface area contributed by atoms with Crippen molar-refractivity contribution >= 4 is 34.0 Å². The Kier molecular flexibility index (Phi) is 4.14. The number of nitrogens with one attached hydrogen (secondary N) is 3. The highest BCUT2D eigenvalue weighted by Gasteiger charge is 2.65. The number of aromatic nitrogens is 3. The molecule has 0 bridgehead atoms. The molecule has 1 saturated carbocycles. The van der Waals surface area contributed by atoms with E-state index < -0.39 is 5.41 Å². The maximum Gasteiger partial charge on any atom is 0.235 e. The Balaban J connectivity index is 1.33. The number of rotatable bonds is 5. The fourth-order valence-corrected chi connectivity index (χ4v) is 4.98. The summed E-state index contributed by atoms with van der Waals surface area (Å²) >= 11 is 0. The van der Waals surface area contributed by atoms with Gasteiger partial charge in [0.15, 0.2) is 11.6 Å². The highest BCUT2D eigenvalue weighted by Crippen LogP contribution is 2.65. The number of carbonyl (C=O) groups is 1. The van der Waals surface area contributed by atoms with Crippen LogP contribution in [0.3, 0.4) is 0 Å². The Morgan fingerprint density at radius 1 is 1.12 bits per heavy atom. The van der Waals surface area contributed by atoms with Gasteiger partial charge in [-0.1, -0.05) is 6.07 Å². The fourth-order valence-electron chi connectivity index (χ4n) is 4.98. The summed E-state index contributed by atoms with van der Waals surface area (Å²) in [4.78, 5) is 17.2. The van der Waals surface area contributed by atoms with Crippen molar-refractivity contribution in [3.63, 3.8) is 0 Å². The van der Waals surface area contributed by atoms with Gasteiger partial charge in [0.1, 0.15) is 5.75 Å². The van der Waals surface area contributed by atoms with E-state index in [-0.39, 0.29) is 11.8 Å². The van der Waals surface area contributed by atoms with E-state index in [0.29, 0.717) is 11.6 Å². The van der Waals surface area contributed by atoms with E-state index in [1.165, 1.54) is 0 Å². The van der Waals surface area contributed by atoms with Gasteiger partial charge in [0.05, 0.1) is 37.0 Å². The van der Waals surface area contributed by atoms with Crippen LogP contribution in [0, 0.1) is 6.92 Å². The van der Waals surface area contributed by atoms with E-state index in [2.05, 4.69) is 37.9 Å². The number of methoxy groups -OCH3 is 2. The van der Waals surface area contributed by atoms with Crippen molar-refractivity contribution in [1.29, 1.82) is 0 Å². The number of anilines is 3. The Morgan fingerprint density at radius 3 is 2.82 bits per heavy atom. The molecule has 0 radical (unpaired) electrons. The zero-order valence-corrected chi connectivity index (χ0v) is 18.5. The van der Waals surface area contributed by atoms with Crippen LogP contribution in [0.5, 0.6) is 11.5 Å². The third kappa shape index (κ3) is 2.87. The van der Waals surface area contributed by atoms with Gasteiger partial charge in [-0.2, -0.15) is 5.10 Å². The van der Waals surface area contributed by atoms with Crippen LogP contribution in [0.25, 0.3) is 10.9 Å². The second kappa shape index (κ2) is 6.96. The number of carbonyl (C=O) groups excluding carboxylic acids is 1. The van der Waals surface area contributed by atoms with Gasteiger partial charge in [-0.25, -0.2) is 0 Å². The predicted molar refractivity (Wildman–Crippen MR) is 126 cm³/mol. The SMILES string of the molecule is COc1ccc2c(c1)[C@]1(C[C@H]1c1ccc3c(Nc4cc(C)ncc4OC)n[nH]c3c1)C(=O)N2. The van der Waals surface area contributed by atoms with Crippen LogP contribution >= 0.6 is 0 Å². The summed E-state index contributed by atoms with van der Waals surface area (Å²) in [5, 5.41) is 14.9. The molecule has 2 aromatic heterocycles. The van der Waals surface area contributed by atoms with E-state index in [1.54, 1.807) is 20.4 Å². The van der Waals surface area contributed by atoms with Crippen LogP contribution in [0.15, 0.2) is 48.7 Å². The number of hydrogen-bond acceptors (Lipinski definition) is 6. The fraction of sp³-hybridized carbons (Fsp3) is 0.240. The molecule has 3 heterocycles. The lowest BCUT2D eigenvalue weighted by Crippen LogP contribution is -2.21. The van der Waals surface area contributed by atoms with Crippen molar-refractivity contribution in [2.75, 3.05) is 24.9 Å². The van der Waals surface area contributed by atoms with Crippen molar-refractivity contribution in [2.45, 2.75) is 24.7 Å². The molecular weight excluding hydrogens is 418 g/mol. The van der Waals surface area contributed by atoms with Crippen molar-refractivity contribution in [1.82, 2.24) is 15.2 Å². The van der Waals surface area contributed by atoms with E-state index in [0.717, 1.165) is 51.3 Å². The van der Waals surface area contributed by atoms with Gasteiger partial charge in [-0.15, -0.1) is 0 Å². The molecule has 3 N–H and O–H groups in total. The van der Waals surface area contributed by atoms with E-state index in [9.17, 15) is 4.79 Å². The molecule has 2 aliphatic rings. The third-order valence-electron chi connectivity index (χ3n) is 6.79. The van der Waals surface area contributed by atoms with Crippen LogP contribution in [0.4, 0.5) is 17.2 Å². The molecular formula is C25H23N5O3. The first-order valence-electron chi connectivity index (χ1n) is 10.8. The molecule has 1 fully saturated rings. The number of aryl methyl sites for hydroxylation is 1. The number of fused-ring (bicyclic) bond motifs is 3. The summed E-state index contributed by atoms with van der Waals surface area (Å²) in [6, 6.07) is 13.9. The van der Waals surface area contributed by atoms with Gasteiger partial charge in [0, 0.05) is 22.7 Å². The molecule has 0 unspecified atom stereocenters. The number of ether oxygens (including phenoxy) is 2. The average molecular weight is 441 g/mol. The zero-order valence-electron chi connectivity index (χ0n) is 18.5. The van der Waals surface area contributed by atoms with Gasteiger partial charge in [-0.3, -0.25) is 14.9 Å². The van der Waals surface area contributed by atoms with Gasteiger partial charge in [0.25, 0.3) is 0 Å². The van der Waals surface area contributed by atoms with Crippen LogP contribution < -0.4 is 20.1 Å². The molecule has 2 aromatic carbocycles. The van der Waals surface area contributed by atoms with Crippen LogP contribution in [0.2, 0.25) is 0 Å². The van der Waals surface area contributed by atoms with Crippen LogP contribution in [-0.2, 0) is 10.2 Å². The first-order valence-corrected chi connectivity index (χ1v) is 10.8. The van der Waals surface area contributed by atoms with Gasteiger partial charge >= 0.3 is 0 Å². The second-order valence-electron chi connectivity index (χ2n) is 8.62. The molecule has 1 aliphatic carbocycles. The maximum absolute atomic E-state index is 13.0. The van der Waals surface area contributed by atoms with E-state index in [4.69, 9.17) is 9.47 Å². The van der Waals surface area contributed by atoms with Gasteiger partial charge < -0.3 is 20.1 Å². The second-order valence-corrected chi connectivity index (χ2v) is 8.62. The van der Waals surface area contributed by atoms with Crippen molar-refractivity contribution in [2.24, 2.45) is 0 Å². The number of hydrogen-bond donors (Lipinski definition) is 3.